The molecule has 6 rings (SSSR count). The molecule has 2 aliphatic rings. The minimum atomic E-state index is -0.692. The van der Waals surface area contributed by atoms with Gasteiger partial charge >= 0.3 is 0 Å². The molecule has 4 atom stereocenters. The largest absolute Gasteiger partial charge is 0.481 e. The molecule has 0 aromatic heterocycles. The highest BCUT2D eigenvalue weighted by atomic mass is 31.1. The highest BCUT2D eigenvalue weighted by Crippen LogP contribution is 2.69. The van der Waals surface area contributed by atoms with Crippen LogP contribution in [0.4, 0.5) is 0 Å². The molecule has 0 saturated carbocycles. The quantitative estimate of drug-likeness (QED) is 0.242. The molecular weight excluding hydrogens is 502 g/mol. The molecule has 0 bridgehead atoms. The lowest BCUT2D eigenvalue weighted by Crippen LogP contribution is -2.38. The summed E-state index contributed by atoms with van der Waals surface area (Å²) in [4.78, 5) is 0. The fraction of sp³-hybridized carbons (Fsp3) is 0.294. The minimum absolute atomic E-state index is 0.00813. The summed E-state index contributed by atoms with van der Waals surface area (Å²) in [5.74, 6) is 2.05. The van der Waals surface area contributed by atoms with Crippen LogP contribution in [-0.4, -0.2) is 22.0 Å². The number of hydrogen-bond acceptors (Lipinski definition) is 2. The normalized spacial score (nSPS) is 22.4. The van der Waals surface area contributed by atoms with Gasteiger partial charge in [0.15, 0.2) is 11.7 Å². The zero-order chi connectivity index (χ0) is 26.7. The first-order valence-corrected chi connectivity index (χ1v) is 16.3. The van der Waals surface area contributed by atoms with Gasteiger partial charge in [0.05, 0.1) is 0 Å². The Labute approximate surface area is 229 Å². The second kappa shape index (κ2) is 9.51. The summed E-state index contributed by atoms with van der Waals surface area (Å²) in [5.41, 5.74) is 5.11. The van der Waals surface area contributed by atoms with Gasteiger partial charge in [0, 0.05) is 10.6 Å². The van der Waals surface area contributed by atoms with Gasteiger partial charge in [-0.05, 0) is 60.5 Å². The van der Waals surface area contributed by atoms with Gasteiger partial charge in [-0.2, -0.15) is 0 Å². The molecule has 0 saturated heterocycles. The van der Waals surface area contributed by atoms with Crippen LogP contribution in [0.5, 0.6) is 11.5 Å². The van der Waals surface area contributed by atoms with Crippen LogP contribution in [0.2, 0.25) is 0 Å². The number of hydrogen-bond donors (Lipinski definition) is 0. The predicted molar refractivity (Wildman–Crippen MR) is 165 cm³/mol. The van der Waals surface area contributed by atoms with E-state index in [4.69, 9.17) is 9.47 Å². The molecule has 2 aliphatic heterocycles. The molecular formula is C34H36O2P2. The summed E-state index contributed by atoms with van der Waals surface area (Å²) >= 11 is 0. The van der Waals surface area contributed by atoms with E-state index in [0.717, 1.165) is 11.5 Å². The predicted octanol–water partition coefficient (Wildman–Crippen LogP) is 8.97. The lowest BCUT2D eigenvalue weighted by atomic mass is 10.1. The molecule has 4 heteroatoms. The van der Waals surface area contributed by atoms with Gasteiger partial charge in [-0.15, -0.1) is 0 Å². The van der Waals surface area contributed by atoms with Crippen molar-refractivity contribution in [2.45, 2.75) is 63.5 Å². The summed E-state index contributed by atoms with van der Waals surface area (Å²) in [6.45, 7) is 14.3. The number of benzene rings is 4. The topological polar surface area (TPSA) is 18.5 Å². The van der Waals surface area contributed by atoms with E-state index < -0.39 is 15.8 Å². The van der Waals surface area contributed by atoms with Crippen LogP contribution in [0, 0.1) is 0 Å². The third-order valence-corrected chi connectivity index (χ3v) is 14.1. The second-order valence-electron chi connectivity index (χ2n) is 12.1. The Kier molecular flexibility index (Phi) is 6.41. The van der Waals surface area contributed by atoms with Gasteiger partial charge < -0.3 is 9.47 Å². The molecule has 194 valence electrons. The van der Waals surface area contributed by atoms with Crippen molar-refractivity contribution in [1.82, 2.24) is 0 Å². The van der Waals surface area contributed by atoms with Crippen LogP contribution in [0.15, 0.2) is 97.1 Å². The maximum absolute atomic E-state index is 7.01. The van der Waals surface area contributed by atoms with Gasteiger partial charge in [0.1, 0.15) is 11.5 Å². The second-order valence-corrected chi connectivity index (χ2v) is 18.2. The maximum Gasteiger partial charge on any atom is 0.162 e. The average Bonchev–Trinajstić information content (AvgIpc) is 3.48. The molecule has 0 fully saturated rings. The van der Waals surface area contributed by atoms with E-state index in [1.807, 2.05) is 0 Å². The van der Waals surface area contributed by atoms with Crippen LogP contribution in [0.3, 0.4) is 0 Å². The zero-order valence-corrected chi connectivity index (χ0v) is 24.9. The lowest BCUT2D eigenvalue weighted by molar-refractivity contribution is 0.171. The van der Waals surface area contributed by atoms with Gasteiger partial charge in [-0.1, -0.05) is 126 Å². The van der Waals surface area contributed by atoms with E-state index in [2.05, 4.69) is 139 Å². The number of rotatable bonds is 3. The third kappa shape index (κ3) is 4.37. The van der Waals surface area contributed by atoms with E-state index >= 15 is 0 Å². The highest BCUT2D eigenvalue weighted by molar-refractivity contribution is 7.72. The lowest BCUT2D eigenvalue weighted by Gasteiger charge is -2.40. The first-order valence-electron chi connectivity index (χ1n) is 13.4. The third-order valence-electron chi connectivity index (χ3n) is 7.34. The molecule has 2 heterocycles. The van der Waals surface area contributed by atoms with Crippen molar-refractivity contribution in [2.24, 2.45) is 0 Å². The maximum atomic E-state index is 7.01. The Morgan fingerprint density at radius 1 is 0.474 bits per heavy atom. The summed E-state index contributed by atoms with van der Waals surface area (Å²) in [6, 6.07) is 34.7. The molecule has 0 amide bonds. The van der Waals surface area contributed by atoms with E-state index in [9.17, 15) is 0 Å². The molecule has 0 aliphatic carbocycles. The molecule has 4 aromatic carbocycles. The monoisotopic (exact) mass is 538 g/mol. The highest BCUT2D eigenvalue weighted by Gasteiger charge is 2.55. The van der Waals surface area contributed by atoms with Gasteiger partial charge in [0.2, 0.25) is 0 Å². The Balaban J connectivity index is 1.50. The van der Waals surface area contributed by atoms with E-state index in [1.165, 1.54) is 32.9 Å². The SMILES string of the molecule is CC(C)(C)[P@]1c2c(cccc2-c2ccccc2)O[C@@H]1[C@H]1Oc2cccc(-c3ccccc3)c2[P@]1C(C)(C)C. The first-order chi connectivity index (χ1) is 18.1. The van der Waals surface area contributed by atoms with Crippen molar-refractivity contribution in [1.29, 1.82) is 0 Å². The molecule has 0 radical (unpaired) electrons. The van der Waals surface area contributed by atoms with Crippen LogP contribution in [0.25, 0.3) is 22.3 Å². The molecule has 0 unspecified atom stereocenters. The Hall–Kier alpha value is -2.66. The van der Waals surface area contributed by atoms with Gasteiger partial charge in [0.25, 0.3) is 0 Å². The number of fused-ring (bicyclic) bond motifs is 2. The molecule has 4 aromatic rings. The average molecular weight is 539 g/mol. The fourth-order valence-electron chi connectivity index (χ4n) is 5.86. The van der Waals surface area contributed by atoms with E-state index in [0.29, 0.717) is 0 Å². The van der Waals surface area contributed by atoms with Crippen LogP contribution in [0.1, 0.15) is 41.5 Å². The summed E-state index contributed by atoms with van der Waals surface area (Å²) in [5, 5.41) is 2.88. The van der Waals surface area contributed by atoms with Crippen molar-refractivity contribution in [2.75, 3.05) is 0 Å². The minimum Gasteiger partial charge on any atom is -0.481 e. The van der Waals surface area contributed by atoms with Crippen molar-refractivity contribution >= 4 is 26.5 Å². The number of ether oxygens (including phenoxy) is 2. The van der Waals surface area contributed by atoms with E-state index in [-0.39, 0.29) is 22.0 Å². The van der Waals surface area contributed by atoms with Crippen molar-refractivity contribution in [3.8, 4) is 33.8 Å². The van der Waals surface area contributed by atoms with Crippen molar-refractivity contribution in [3.05, 3.63) is 97.1 Å². The molecule has 2 nitrogen and oxygen atoms in total. The standard InChI is InChI=1S/C34H36O2P2/c1-33(2,3)37-29-25(23-15-9-7-10-16-23)19-13-21-27(29)35-31(37)32-36-28-22-14-20-26(24-17-11-8-12-18-24)30(28)38(32)34(4,5)6/h7-22,31-32H,1-6H3/t31-,32-,37-,38+/m0/s1. The van der Waals surface area contributed by atoms with Crippen LogP contribution >= 0.6 is 15.8 Å². The van der Waals surface area contributed by atoms with E-state index in [1.54, 1.807) is 0 Å². The van der Waals surface area contributed by atoms with Crippen LogP contribution in [-0.2, 0) is 0 Å². The zero-order valence-electron chi connectivity index (χ0n) is 23.1. The summed E-state index contributed by atoms with van der Waals surface area (Å²) in [6.07, 6.45) is 0. The van der Waals surface area contributed by atoms with Crippen molar-refractivity contribution < 1.29 is 9.47 Å². The van der Waals surface area contributed by atoms with Gasteiger partial charge in [-0.3, -0.25) is 0 Å². The molecule has 0 spiro atoms. The first kappa shape index (κ1) is 25.6. The Bertz CT molecular complexity index is 1340. The molecule has 0 N–H and O–H groups in total. The Morgan fingerprint density at radius 2 is 0.842 bits per heavy atom. The fourth-order valence-corrected chi connectivity index (χ4v) is 12.8. The van der Waals surface area contributed by atoms with Crippen LogP contribution < -0.4 is 20.1 Å². The summed E-state index contributed by atoms with van der Waals surface area (Å²) < 4.78 is 14.0. The van der Waals surface area contributed by atoms with Crippen molar-refractivity contribution in [3.63, 3.8) is 0 Å². The molecule has 38 heavy (non-hydrogen) atoms. The van der Waals surface area contributed by atoms with Gasteiger partial charge in [-0.25, -0.2) is 0 Å². The smallest absolute Gasteiger partial charge is 0.162 e. The Morgan fingerprint density at radius 3 is 1.18 bits per heavy atom. The summed E-state index contributed by atoms with van der Waals surface area (Å²) in [7, 11) is -1.38.